The van der Waals surface area contributed by atoms with Gasteiger partial charge < -0.3 is 14.2 Å². The molecular formula is C14H15F2N3O3. The van der Waals surface area contributed by atoms with Crippen molar-refractivity contribution in [1.82, 2.24) is 14.8 Å². The minimum absolute atomic E-state index is 0.0930. The third kappa shape index (κ3) is 2.85. The first-order valence-corrected chi connectivity index (χ1v) is 6.71. The molecule has 3 rings (SSSR count). The summed E-state index contributed by atoms with van der Waals surface area (Å²) in [6, 6.07) is 3.28. The van der Waals surface area contributed by atoms with Gasteiger partial charge in [0.1, 0.15) is 36.9 Å². The molecule has 1 saturated heterocycles. The van der Waals surface area contributed by atoms with Crippen molar-refractivity contribution >= 4 is 0 Å². The van der Waals surface area contributed by atoms with Gasteiger partial charge in [-0.15, -0.1) is 0 Å². The fourth-order valence-corrected chi connectivity index (χ4v) is 2.47. The summed E-state index contributed by atoms with van der Waals surface area (Å²) in [5, 5.41) is 3.99. The van der Waals surface area contributed by atoms with Gasteiger partial charge in [-0.1, -0.05) is 0 Å². The molecule has 0 N–H and O–H groups in total. The number of methoxy groups -OCH3 is 1. The van der Waals surface area contributed by atoms with E-state index in [-0.39, 0.29) is 24.8 Å². The van der Waals surface area contributed by atoms with Crippen LogP contribution in [0.1, 0.15) is 5.56 Å². The molecule has 1 fully saturated rings. The Labute approximate surface area is 125 Å². The van der Waals surface area contributed by atoms with Crippen molar-refractivity contribution in [3.05, 3.63) is 48.1 Å². The molecule has 22 heavy (non-hydrogen) atoms. The van der Waals surface area contributed by atoms with E-state index in [0.29, 0.717) is 6.61 Å². The Morgan fingerprint density at radius 3 is 3.00 bits per heavy atom. The third-order valence-electron chi connectivity index (χ3n) is 3.39. The van der Waals surface area contributed by atoms with Crippen LogP contribution < -0.4 is 0 Å². The maximum atomic E-state index is 14.2. The minimum atomic E-state index is -1.39. The summed E-state index contributed by atoms with van der Waals surface area (Å²) in [7, 11) is 1.54. The van der Waals surface area contributed by atoms with Crippen LogP contribution in [-0.4, -0.2) is 41.2 Å². The maximum absolute atomic E-state index is 14.2. The predicted molar refractivity (Wildman–Crippen MR) is 70.8 cm³/mol. The first-order valence-electron chi connectivity index (χ1n) is 6.71. The molecule has 6 nitrogen and oxygen atoms in total. The Morgan fingerprint density at radius 2 is 2.32 bits per heavy atom. The van der Waals surface area contributed by atoms with E-state index in [1.807, 2.05) is 0 Å². The Bertz CT molecular complexity index is 638. The molecule has 118 valence electrons. The molecule has 1 aromatic heterocycles. The number of hydrogen-bond acceptors (Lipinski definition) is 5. The maximum Gasteiger partial charge on any atom is 0.218 e. The van der Waals surface area contributed by atoms with E-state index in [1.54, 1.807) is 7.11 Å². The van der Waals surface area contributed by atoms with E-state index in [0.717, 1.165) is 12.1 Å². The number of aromatic nitrogens is 3. The summed E-state index contributed by atoms with van der Waals surface area (Å²) < 4.78 is 45.5. The molecule has 8 heteroatoms. The second kappa shape index (κ2) is 6.07. The standard InChI is InChI=1S/C14H15F2N3O3/c1-20-5-11-6-21-14(22-11,7-19-9-17-8-18-19)12-3-2-10(15)4-13(12)16/h2-4,8-9,11H,5-7H2,1H3/t11-,14-/m1/s1. The molecule has 1 aromatic carbocycles. The molecule has 2 atom stereocenters. The topological polar surface area (TPSA) is 58.4 Å². The largest absolute Gasteiger partial charge is 0.382 e. The molecule has 0 aliphatic carbocycles. The van der Waals surface area contributed by atoms with Crippen molar-refractivity contribution in [2.75, 3.05) is 20.3 Å². The molecule has 0 amide bonds. The highest BCUT2D eigenvalue weighted by Gasteiger charge is 2.45. The fraction of sp³-hybridized carbons (Fsp3) is 0.429. The Hall–Kier alpha value is -1.90. The van der Waals surface area contributed by atoms with Crippen molar-refractivity contribution in [3.63, 3.8) is 0 Å². The van der Waals surface area contributed by atoms with Crippen LogP contribution in [0.4, 0.5) is 8.78 Å². The van der Waals surface area contributed by atoms with Crippen LogP contribution in [0.2, 0.25) is 0 Å². The van der Waals surface area contributed by atoms with Gasteiger partial charge in [0.05, 0.1) is 13.2 Å². The highest BCUT2D eigenvalue weighted by Crippen LogP contribution is 2.37. The van der Waals surface area contributed by atoms with E-state index >= 15 is 0 Å². The van der Waals surface area contributed by atoms with Gasteiger partial charge in [0.25, 0.3) is 0 Å². The quantitative estimate of drug-likeness (QED) is 0.837. The molecule has 0 radical (unpaired) electrons. The van der Waals surface area contributed by atoms with Gasteiger partial charge in [-0.25, -0.2) is 18.4 Å². The van der Waals surface area contributed by atoms with Crippen LogP contribution in [0, 0.1) is 11.6 Å². The zero-order chi connectivity index (χ0) is 15.6. The predicted octanol–water partition coefficient (Wildman–Crippen LogP) is 1.47. The molecule has 0 spiro atoms. The smallest absolute Gasteiger partial charge is 0.218 e. The summed E-state index contributed by atoms with van der Waals surface area (Å²) in [5.41, 5.74) is 0.114. The average molecular weight is 311 g/mol. The minimum Gasteiger partial charge on any atom is -0.382 e. The number of benzene rings is 1. The van der Waals surface area contributed by atoms with Gasteiger partial charge in [-0.05, 0) is 12.1 Å². The first-order chi connectivity index (χ1) is 10.6. The number of nitrogens with zero attached hydrogens (tertiary/aromatic N) is 3. The van der Waals surface area contributed by atoms with Crippen molar-refractivity contribution < 1.29 is 23.0 Å². The van der Waals surface area contributed by atoms with E-state index < -0.39 is 17.4 Å². The third-order valence-corrected chi connectivity index (χ3v) is 3.39. The lowest BCUT2D eigenvalue weighted by atomic mass is 10.0. The molecule has 2 heterocycles. The summed E-state index contributed by atoms with van der Waals surface area (Å²) >= 11 is 0. The molecule has 0 bridgehead atoms. The van der Waals surface area contributed by atoms with Crippen molar-refractivity contribution in [2.45, 2.75) is 18.4 Å². The number of halogens is 2. The van der Waals surface area contributed by atoms with Gasteiger partial charge in [0, 0.05) is 18.7 Å². The fourth-order valence-electron chi connectivity index (χ4n) is 2.47. The van der Waals surface area contributed by atoms with Gasteiger partial charge >= 0.3 is 0 Å². The normalized spacial score (nSPS) is 24.8. The lowest BCUT2D eigenvalue weighted by Gasteiger charge is -2.28. The van der Waals surface area contributed by atoms with Crippen LogP contribution in [0.5, 0.6) is 0 Å². The van der Waals surface area contributed by atoms with E-state index in [9.17, 15) is 8.78 Å². The molecular weight excluding hydrogens is 296 g/mol. The number of ether oxygens (including phenoxy) is 3. The second-order valence-electron chi connectivity index (χ2n) is 4.98. The molecule has 2 aromatic rings. The van der Waals surface area contributed by atoms with E-state index in [1.165, 1.54) is 23.4 Å². The Balaban J connectivity index is 1.96. The van der Waals surface area contributed by atoms with Gasteiger partial charge in [0.2, 0.25) is 5.79 Å². The van der Waals surface area contributed by atoms with Gasteiger partial charge in [-0.2, -0.15) is 5.10 Å². The van der Waals surface area contributed by atoms with E-state index in [4.69, 9.17) is 14.2 Å². The lowest BCUT2D eigenvalue weighted by molar-refractivity contribution is -0.194. The lowest BCUT2D eigenvalue weighted by Crippen LogP contribution is -2.35. The number of hydrogen-bond donors (Lipinski definition) is 0. The molecule has 0 unspecified atom stereocenters. The summed E-state index contributed by atoms with van der Waals surface area (Å²) in [4.78, 5) is 3.84. The summed E-state index contributed by atoms with van der Waals surface area (Å²) in [6.45, 7) is 0.636. The van der Waals surface area contributed by atoms with Crippen LogP contribution >= 0.6 is 0 Å². The highest BCUT2D eigenvalue weighted by atomic mass is 19.1. The van der Waals surface area contributed by atoms with Crippen LogP contribution in [-0.2, 0) is 26.5 Å². The van der Waals surface area contributed by atoms with Gasteiger partial charge in [-0.3, -0.25) is 0 Å². The van der Waals surface area contributed by atoms with Crippen molar-refractivity contribution in [1.29, 1.82) is 0 Å². The van der Waals surface area contributed by atoms with Gasteiger partial charge in [0.15, 0.2) is 0 Å². The van der Waals surface area contributed by atoms with Crippen molar-refractivity contribution in [3.8, 4) is 0 Å². The Morgan fingerprint density at radius 1 is 1.45 bits per heavy atom. The van der Waals surface area contributed by atoms with Crippen LogP contribution in [0.3, 0.4) is 0 Å². The molecule has 1 aliphatic heterocycles. The zero-order valence-corrected chi connectivity index (χ0v) is 11.9. The first kappa shape index (κ1) is 15.0. The highest BCUT2D eigenvalue weighted by molar-refractivity contribution is 5.24. The average Bonchev–Trinajstić information content (AvgIpc) is 3.10. The molecule has 0 saturated carbocycles. The van der Waals surface area contributed by atoms with Crippen LogP contribution in [0.25, 0.3) is 0 Å². The summed E-state index contributed by atoms with van der Waals surface area (Å²) in [6.07, 6.45) is 2.48. The van der Waals surface area contributed by atoms with Crippen LogP contribution in [0.15, 0.2) is 30.9 Å². The monoisotopic (exact) mass is 311 g/mol. The zero-order valence-electron chi connectivity index (χ0n) is 11.9. The Kier molecular flexibility index (Phi) is 4.14. The summed E-state index contributed by atoms with van der Waals surface area (Å²) in [5.74, 6) is -2.80. The molecule has 1 aliphatic rings. The number of rotatable bonds is 5. The van der Waals surface area contributed by atoms with E-state index in [2.05, 4.69) is 10.1 Å². The second-order valence-corrected chi connectivity index (χ2v) is 4.98. The van der Waals surface area contributed by atoms with Crippen molar-refractivity contribution in [2.24, 2.45) is 0 Å². The SMILES string of the molecule is COC[C@@H]1CO[C@@](Cn2cncn2)(c2ccc(F)cc2F)O1.